The zero-order chi connectivity index (χ0) is 18.4. The molecule has 25 heavy (non-hydrogen) atoms. The first-order valence-corrected chi connectivity index (χ1v) is 7.88. The average Bonchev–Trinajstić information content (AvgIpc) is 2.56. The lowest BCUT2D eigenvalue weighted by molar-refractivity contribution is -0.151. The summed E-state index contributed by atoms with van der Waals surface area (Å²) in [6.07, 6.45) is 0.449. The predicted molar refractivity (Wildman–Crippen MR) is 90.8 cm³/mol. The van der Waals surface area contributed by atoms with Crippen molar-refractivity contribution in [3.8, 4) is 5.75 Å². The highest BCUT2D eigenvalue weighted by Gasteiger charge is 2.47. The summed E-state index contributed by atoms with van der Waals surface area (Å²) in [6.45, 7) is 6.65. The van der Waals surface area contributed by atoms with Gasteiger partial charge >= 0.3 is 11.6 Å². The fourth-order valence-electron chi connectivity index (χ4n) is 2.73. The van der Waals surface area contributed by atoms with Crippen LogP contribution in [0.25, 0.3) is 11.0 Å². The molecule has 130 valence electrons. The second kappa shape index (κ2) is 5.88. The van der Waals surface area contributed by atoms with Gasteiger partial charge in [0.2, 0.25) is 11.9 Å². The average molecular weight is 342 g/mol. The smallest absolute Gasteiger partial charge is 0.336 e. The van der Waals surface area contributed by atoms with Gasteiger partial charge in [-0.3, -0.25) is 4.79 Å². The van der Waals surface area contributed by atoms with Crippen molar-refractivity contribution in [2.24, 2.45) is 0 Å². The Kier molecular flexibility index (Phi) is 3.99. The van der Waals surface area contributed by atoms with Gasteiger partial charge < -0.3 is 13.9 Å². The van der Waals surface area contributed by atoms with Crippen LogP contribution in [0, 0.1) is 0 Å². The lowest BCUT2D eigenvalue weighted by Gasteiger charge is -2.38. The maximum absolute atomic E-state index is 13.1. The van der Waals surface area contributed by atoms with Crippen LogP contribution in [0.1, 0.15) is 38.1 Å². The van der Waals surface area contributed by atoms with Crippen molar-refractivity contribution in [1.29, 1.82) is 0 Å². The molecule has 1 atom stereocenters. The predicted octanol–water partition coefficient (Wildman–Crippen LogP) is 3.02. The van der Waals surface area contributed by atoms with Crippen LogP contribution in [-0.4, -0.2) is 23.5 Å². The number of carbonyl (C=O) groups excluding carboxylic acids is 2. The van der Waals surface area contributed by atoms with Crippen molar-refractivity contribution in [3.05, 3.63) is 51.9 Å². The van der Waals surface area contributed by atoms with Gasteiger partial charge in [0.05, 0.1) is 0 Å². The van der Waals surface area contributed by atoms with E-state index < -0.39 is 29.1 Å². The molecule has 0 N–H and O–H groups in total. The third kappa shape index (κ3) is 2.84. The molecule has 2 aromatic rings. The lowest BCUT2D eigenvalue weighted by Crippen LogP contribution is -2.52. The van der Waals surface area contributed by atoms with Crippen LogP contribution < -0.4 is 10.4 Å². The molecular formula is C19H18O6. The fourth-order valence-corrected chi connectivity index (χ4v) is 2.73. The molecule has 0 saturated heterocycles. The Bertz CT molecular complexity index is 964. The van der Waals surface area contributed by atoms with Gasteiger partial charge in [0.25, 0.3) is 0 Å². The van der Waals surface area contributed by atoms with Crippen LogP contribution in [0.15, 0.2) is 45.1 Å². The van der Waals surface area contributed by atoms with Crippen LogP contribution in [0.4, 0.5) is 0 Å². The number of carbonyl (C=O) groups is 2. The highest BCUT2D eigenvalue weighted by atomic mass is 16.6. The summed E-state index contributed by atoms with van der Waals surface area (Å²) in [6, 6.07) is 6.20. The van der Waals surface area contributed by atoms with E-state index in [1.807, 2.05) is 0 Å². The minimum atomic E-state index is -1.15. The first-order valence-electron chi connectivity index (χ1n) is 7.88. The molecular weight excluding hydrogens is 324 g/mol. The Balaban J connectivity index is 2.14. The number of ketones is 1. The summed E-state index contributed by atoms with van der Waals surface area (Å²) in [5.74, 6) is -0.752. The molecule has 6 heteroatoms. The molecule has 6 nitrogen and oxygen atoms in total. The standard InChI is InChI=1S/C19H18O6/c1-5-10(2)18(22)24-17-15(21)14-12(25-19(17,3)4)8-6-11-7-9-13(20)23-16(11)14/h5-9,17H,1-4H3/b10-5+/t17-/m0/s1. The molecule has 0 radical (unpaired) electrons. The lowest BCUT2D eigenvalue weighted by atomic mass is 9.88. The molecule has 0 fully saturated rings. The van der Waals surface area contributed by atoms with Crippen molar-refractivity contribution in [3.63, 3.8) is 0 Å². The number of Topliss-reactive ketones (excluding diaryl/α,β-unsaturated/α-hetero) is 1. The van der Waals surface area contributed by atoms with E-state index in [4.69, 9.17) is 13.9 Å². The molecule has 0 spiro atoms. The normalized spacial score (nSPS) is 19.3. The van der Waals surface area contributed by atoms with Gasteiger partial charge in [-0.15, -0.1) is 0 Å². The number of hydrogen-bond donors (Lipinski definition) is 0. The molecule has 3 rings (SSSR count). The van der Waals surface area contributed by atoms with Crippen LogP contribution in [0.5, 0.6) is 5.75 Å². The molecule has 0 amide bonds. The Morgan fingerprint density at radius 2 is 1.88 bits per heavy atom. The Morgan fingerprint density at radius 3 is 2.56 bits per heavy atom. The molecule has 1 aromatic carbocycles. The van der Waals surface area contributed by atoms with Crippen LogP contribution in [-0.2, 0) is 9.53 Å². The van der Waals surface area contributed by atoms with E-state index in [1.54, 1.807) is 52.0 Å². The Hall–Kier alpha value is -2.89. The molecule has 0 saturated carbocycles. The van der Waals surface area contributed by atoms with Gasteiger partial charge in [-0.2, -0.15) is 0 Å². The second-order valence-electron chi connectivity index (χ2n) is 6.44. The third-order valence-electron chi connectivity index (χ3n) is 4.22. The van der Waals surface area contributed by atoms with Crippen molar-refractivity contribution < 1.29 is 23.5 Å². The maximum atomic E-state index is 13.1. The molecule has 1 aliphatic rings. The zero-order valence-electron chi connectivity index (χ0n) is 14.4. The molecule has 0 bridgehead atoms. The molecule has 2 heterocycles. The van der Waals surface area contributed by atoms with E-state index in [-0.39, 0.29) is 11.1 Å². The largest absolute Gasteiger partial charge is 0.483 e. The summed E-state index contributed by atoms with van der Waals surface area (Å²) < 4.78 is 16.5. The summed E-state index contributed by atoms with van der Waals surface area (Å²) in [7, 11) is 0. The second-order valence-corrected chi connectivity index (χ2v) is 6.44. The Labute approximate surface area is 144 Å². The number of fused-ring (bicyclic) bond motifs is 3. The molecule has 1 aromatic heterocycles. The van der Waals surface area contributed by atoms with Crippen LogP contribution in [0.3, 0.4) is 0 Å². The fraction of sp³-hybridized carbons (Fsp3) is 0.316. The summed E-state index contributed by atoms with van der Waals surface area (Å²) in [5, 5.41) is 0.588. The number of benzene rings is 1. The van der Waals surface area contributed by atoms with Gasteiger partial charge in [0, 0.05) is 17.0 Å². The SMILES string of the molecule is C/C=C(\C)C(=O)O[C@H]1C(=O)c2c(ccc3ccc(=O)oc23)OC1(C)C. The number of ether oxygens (including phenoxy) is 2. The topological polar surface area (TPSA) is 82.8 Å². The first kappa shape index (κ1) is 17.0. The molecule has 1 aliphatic heterocycles. The van der Waals surface area contributed by atoms with E-state index in [0.717, 1.165) is 0 Å². The highest BCUT2D eigenvalue weighted by molar-refractivity contribution is 6.12. The van der Waals surface area contributed by atoms with Gasteiger partial charge in [-0.1, -0.05) is 6.08 Å². The molecule has 0 aliphatic carbocycles. The number of esters is 1. The quantitative estimate of drug-likeness (QED) is 0.474. The van der Waals surface area contributed by atoms with E-state index in [2.05, 4.69) is 0 Å². The zero-order valence-corrected chi connectivity index (χ0v) is 14.4. The monoisotopic (exact) mass is 342 g/mol. The highest BCUT2D eigenvalue weighted by Crippen LogP contribution is 2.38. The summed E-state index contributed by atoms with van der Waals surface area (Å²) in [5.41, 5.74) is -0.994. The minimum Gasteiger partial charge on any atom is -0.483 e. The number of rotatable bonds is 2. The van der Waals surface area contributed by atoms with Gasteiger partial charge in [0.1, 0.15) is 16.9 Å². The van der Waals surface area contributed by atoms with E-state index in [0.29, 0.717) is 16.7 Å². The van der Waals surface area contributed by atoms with Crippen LogP contribution in [0.2, 0.25) is 0 Å². The maximum Gasteiger partial charge on any atom is 0.336 e. The summed E-state index contributed by atoms with van der Waals surface area (Å²) >= 11 is 0. The van der Waals surface area contributed by atoms with Crippen molar-refractivity contribution >= 4 is 22.7 Å². The molecule has 0 unspecified atom stereocenters. The van der Waals surface area contributed by atoms with Crippen molar-refractivity contribution in [2.45, 2.75) is 39.4 Å². The third-order valence-corrected chi connectivity index (χ3v) is 4.22. The van der Waals surface area contributed by atoms with Gasteiger partial charge in [-0.05, 0) is 45.9 Å². The first-order chi connectivity index (χ1) is 11.7. The Morgan fingerprint density at radius 1 is 1.20 bits per heavy atom. The summed E-state index contributed by atoms with van der Waals surface area (Å²) in [4.78, 5) is 36.8. The number of hydrogen-bond acceptors (Lipinski definition) is 6. The van der Waals surface area contributed by atoms with Crippen molar-refractivity contribution in [1.82, 2.24) is 0 Å². The van der Waals surface area contributed by atoms with Crippen molar-refractivity contribution in [2.75, 3.05) is 0 Å². The van der Waals surface area contributed by atoms with E-state index >= 15 is 0 Å². The minimum absolute atomic E-state index is 0.116. The van der Waals surface area contributed by atoms with E-state index in [9.17, 15) is 14.4 Å². The van der Waals surface area contributed by atoms with Crippen LogP contribution >= 0.6 is 0 Å². The van der Waals surface area contributed by atoms with Gasteiger partial charge in [-0.25, -0.2) is 9.59 Å². The van der Waals surface area contributed by atoms with Gasteiger partial charge in [0.15, 0.2) is 5.58 Å². The van der Waals surface area contributed by atoms with E-state index in [1.165, 1.54) is 6.07 Å². The number of allylic oxidation sites excluding steroid dienone is 1.